The lowest BCUT2D eigenvalue weighted by Gasteiger charge is -2.20. The van der Waals surface area contributed by atoms with Gasteiger partial charge in [-0.1, -0.05) is 35.4 Å². The maximum Gasteiger partial charge on any atom is 0.258 e. The van der Waals surface area contributed by atoms with Crippen molar-refractivity contribution in [1.82, 2.24) is 9.88 Å². The first kappa shape index (κ1) is 24.2. The van der Waals surface area contributed by atoms with Crippen molar-refractivity contribution in [3.63, 3.8) is 0 Å². The van der Waals surface area contributed by atoms with Gasteiger partial charge in [-0.2, -0.15) is 0 Å². The molecule has 0 atom stereocenters. The molecule has 2 N–H and O–H groups in total. The van der Waals surface area contributed by atoms with Crippen LogP contribution in [0.2, 0.25) is 5.02 Å². The second-order valence-electron chi connectivity index (χ2n) is 8.08. The standard InChI is InChI=1S/C25H28ClN5O2/c1-17-5-11-22(21(13-17)25(33)29-23-12-8-19(26)15-28-23)27-14-18-6-9-20(10-7-18)31(4)24(32)16-30(2)3/h5-13,15,27H,14,16H2,1-4H3,(H,28,29,33). The first-order chi connectivity index (χ1) is 15.7. The van der Waals surface area contributed by atoms with E-state index in [1.54, 1.807) is 24.1 Å². The summed E-state index contributed by atoms with van der Waals surface area (Å²) in [5.41, 5.74) is 4.08. The van der Waals surface area contributed by atoms with Gasteiger partial charge in [0.05, 0.1) is 17.1 Å². The summed E-state index contributed by atoms with van der Waals surface area (Å²) in [5, 5.41) is 6.65. The van der Waals surface area contributed by atoms with Gasteiger partial charge in [0.2, 0.25) is 5.91 Å². The third-order valence-corrected chi connectivity index (χ3v) is 5.24. The number of hydrogen-bond donors (Lipinski definition) is 2. The van der Waals surface area contributed by atoms with E-state index in [0.29, 0.717) is 29.5 Å². The van der Waals surface area contributed by atoms with Crippen molar-refractivity contribution in [2.75, 3.05) is 43.2 Å². The van der Waals surface area contributed by atoms with Gasteiger partial charge in [-0.15, -0.1) is 0 Å². The van der Waals surface area contributed by atoms with E-state index < -0.39 is 0 Å². The van der Waals surface area contributed by atoms with Crippen LogP contribution in [0.15, 0.2) is 60.8 Å². The van der Waals surface area contributed by atoms with Crippen molar-refractivity contribution in [2.24, 2.45) is 0 Å². The van der Waals surface area contributed by atoms with Gasteiger partial charge >= 0.3 is 0 Å². The quantitative estimate of drug-likeness (QED) is 0.514. The lowest BCUT2D eigenvalue weighted by atomic mass is 10.1. The number of nitrogens with one attached hydrogen (secondary N) is 2. The van der Waals surface area contributed by atoms with Crippen LogP contribution in [-0.4, -0.2) is 49.4 Å². The van der Waals surface area contributed by atoms with Crippen LogP contribution in [0.3, 0.4) is 0 Å². The van der Waals surface area contributed by atoms with Crippen molar-refractivity contribution in [3.8, 4) is 0 Å². The van der Waals surface area contributed by atoms with Crippen LogP contribution in [-0.2, 0) is 11.3 Å². The molecule has 0 saturated carbocycles. The SMILES string of the molecule is Cc1ccc(NCc2ccc(N(C)C(=O)CN(C)C)cc2)c(C(=O)Nc2ccc(Cl)cn2)c1. The fourth-order valence-electron chi connectivity index (χ4n) is 3.19. The molecule has 0 aliphatic heterocycles. The second-order valence-corrected chi connectivity index (χ2v) is 8.51. The Labute approximate surface area is 199 Å². The Bertz CT molecular complexity index is 1110. The highest BCUT2D eigenvalue weighted by atomic mass is 35.5. The minimum absolute atomic E-state index is 0.0244. The number of nitrogens with zero attached hydrogens (tertiary/aromatic N) is 3. The topological polar surface area (TPSA) is 77.6 Å². The number of aromatic nitrogens is 1. The maximum atomic E-state index is 12.9. The summed E-state index contributed by atoms with van der Waals surface area (Å²) in [5.74, 6) is 0.198. The van der Waals surface area contributed by atoms with E-state index in [1.165, 1.54) is 6.20 Å². The van der Waals surface area contributed by atoms with Crippen molar-refractivity contribution >= 4 is 40.6 Å². The average molecular weight is 466 g/mol. The molecule has 0 fully saturated rings. The van der Waals surface area contributed by atoms with E-state index in [2.05, 4.69) is 15.6 Å². The lowest BCUT2D eigenvalue weighted by molar-refractivity contribution is -0.118. The highest BCUT2D eigenvalue weighted by Gasteiger charge is 2.14. The first-order valence-corrected chi connectivity index (χ1v) is 10.9. The number of halogens is 1. The molecule has 33 heavy (non-hydrogen) atoms. The largest absolute Gasteiger partial charge is 0.380 e. The number of hydrogen-bond acceptors (Lipinski definition) is 5. The molecule has 1 aromatic heterocycles. The van der Waals surface area contributed by atoms with Crippen molar-refractivity contribution in [1.29, 1.82) is 0 Å². The Morgan fingerprint density at radius 3 is 2.36 bits per heavy atom. The summed E-state index contributed by atoms with van der Waals surface area (Å²) in [4.78, 5) is 32.7. The summed E-state index contributed by atoms with van der Waals surface area (Å²) in [6.45, 7) is 2.82. The number of pyridine rings is 1. The zero-order chi connectivity index (χ0) is 24.0. The highest BCUT2D eigenvalue weighted by Crippen LogP contribution is 2.21. The van der Waals surface area contributed by atoms with Gasteiger partial charge in [0, 0.05) is 31.2 Å². The highest BCUT2D eigenvalue weighted by molar-refractivity contribution is 6.30. The molecule has 0 unspecified atom stereocenters. The fraction of sp³-hybridized carbons (Fsp3) is 0.240. The van der Waals surface area contributed by atoms with E-state index in [0.717, 1.165) is 22.5 Å². The number of carbonyl (C=O) groups excluding carboxylic acids is 2. The molecule has 3 aromatic rings. The molecule has 3 rings (SSSR count). The van der Waals surface area contributed by atoms with E-state index in [4.69, 9.17) is 11.6 Å². The molecule has 0 radical (unpaired) electrons. The van der Waals surface area contributed by atoms with E-state index in [-0.39, 0.29) is 11.8 Å². The lowest BCUT2D eigenvalue weighted by Crippen LogP contribution is -2.34. The molecule has 0 saturated heterocycles. The minimum atomic E-state index is -0.257. The molecule has 2 aromatic carbocycles. The molecule has 0 aliphatic rings. The van der Waals surface area contributed by atoms with E-state index >= 15 is 0 Å². The molecule has 0 spiro atoms. The predicted molar refractivity (Wildman–Crippen MR) is 134 cm³/mol. The van der Waals surface area contributed by atoms with Crippen molar-refractivity contribution < 1.29 is 9.59 Å². The average Bonchev–Trinajstić information content (AvgIpc) is 2.79. The number of aryl methyl sites for hydroxylation is 1. The Hall–Kier alpha value is -3.42. The number of amides is 2. The van der Waals surface area contributed by atoms with Crippen LogP contribution in [0.25, 0.3) is 0 Å². The van der Waals surface area contributed by atoms with Crippen LogP contribution in [0.4, 0.5) is 17.2 Å². The zero-order valence-corrected chi connectivity index (χ0v) is 20.0. The minimum Gasteiger partial charge on any atom is -0.380 e. The van der Waals surface area contributed by atoms with Gasteiger partial charge in [0.25, 0.3) is 5.91 Å². The van der Waals surface area contributed by atoms with Crippen LogP contribution < -0.4 is 15.5 Å². The van der Waals surface area contributed by atoms with Gasteiger partial charge in [-0.25, -0.2) is 4.98 Å². The number of carbonyl (C=O) groups is 2. The van der Waals surface area contributed by atoms with Crippen molar-refractivity contribution in [3.05, 3.63) is 82.5 Å². The summed E-state index contributed by atoms with van der Waals surface area (Å²) >= 11 is 5.87. The molecule has 2 amide bonds. The summed E-state index contributed by atoms with van der Waals surface area (Å²) in [7, 11) is 5.50. The van der Waals surface area contributed by atoms with Crippen LogP contribution >= 0.6 is 11.6 Å². The Morgan fingerprint density at radius 1 is 1.00 bits per heavy atom. The van der Waals surface area contributed by atoms with Crippen LogP contribution in [0, 0.1) is 6.92 Å². The first-order valence-electron chi connectivity index (χ1n) is 10.5. The third kappa shape index (κ3) is 6.78. The number of rotatable bonds is 8. The Kier molecular flexibility index (Phi) is 8.03. The molecule has 0 aliphatic carbocycles. The molecule has 8 heteroatoms. The van der Waals surface area contributed by atoms with Gasteiger partial charge < -0.3 is 20.4 Å². The second kappa shape index (κ2) is 10.9. The van der Waals surface area contributed by atoms with Gasteiger partial charge in [-0.3, -0.25) is 9.59 Å². The van der Waals surface area contributed by atoms with Crippen LogP contribution in [0.5, 0.6) is 0 Å². The predicted octanol–water partition coefficient (Wildman–Crippen LogP) is 4.43. The smallest absolute Gasteiger partial charge is 0.258 e. The fourth-order valence-corrected chi connectivity index (χ4v) is 3.30. The Morgan fingerprint density at radius 2 is 1.73 bits per heavy atom. The Balaban J connectivity index is 1.68. The number of anilines is 3. The van der Waals surface area contributed by atoms with Crippen molar-refractivity contribution in [2.45, 2.75) is 13.5 Å². The molecular weight excluding hydrogens is 438 g/mol. The number of benzene rings is 2. The molecule has 1 heterocycles. The van der Waals surface area contributed by atoms with Gasteiger partial charge in [-0.05, 0) is 63.0 Å². The molecular formula is C25H28ClN5O2. The van der Waals surface area contributed by atoms with Gasteiger partial charge in [0.15, 0.2) is 0 Å². The van der Waals surface area contributed by atoms with Gasteiger partial charge in [0.1, 0.15) is 5.82 Å². The zero-order valence-electron chi connectivity index (χ0n) is 19.2. The summed E-state index contributed by atoms with van der Waals surface area (Å²) in [6, 6.07) is 16.8. The van der Waals surface area contributed by atoms with E-state index in [9.17, 15) is 9.59 Å². The third-order valence-electron chi connectivity index (χ3n) is 5.02. The maximum absolute atomic E-state index is 12.9. The molecule has 172 valence electrons. The summed E-state index contributed by atoms with van der Waals surface area (Å²) < 4.78 is 0. The van der Waals surface area contributed by atoms with E-state index in [1.807, 2.05) is 68.4 Å². The summed E-state index contributed by atoms with van der Waals surface area (Å²) in [6.07, 6.45) is 1.49. The normalized spacial score (nSPS) is 10.7. The van der Waals surface area contributed by atoms with Crippen LogP contribution in [0.1, 0.15) is 21.5 Å². The molecule has 0 bridgehead atoms. The monoisotopic (exact) mass is 465 g/mol. The number of likely N-dealkylation sites (N-methyl/N-ethyl adjacent to an activating group) is 2. The molecule has 7 nitrogen and oxygen atoms in total.